The summed E-state index contributed by atoms with van der Waals surface area (Å²) in [7, 11) is 0. The third-order valence-corrected chi connectivity index (χ3v) is 3.68. The Balaban J connectivity index is 0.000000263. The molecule has 0 spiro atoms. The molecule has 0 heterocycles. The molecular weight excluding hydrogens is 336 g/mol. The molecule has 0 saturated heterocycles. The molecule has 0 amide bonds. The Morgan fingerprint density at radius 3 is 1.19 bits per heavy atom. The lowest BCUT2D eigenvalue weighted by Crippen LogP contribution is -2.07. The van der Waals surface area contributed by atoms with Crippen molar-refractivity contribution in [2.24, 2.45) is 0 Å². The van der Waals surface area contributed by atoms with E-state index in [-0.39, 0.29) is 26.1 Å². The monoisotopic (exact) mass is 360 g/mol. The number of aliphatic hydroxyl groups excluding tert-OH is 2. The number of aliphatic hydroxyl groups is 2. The summed E-state index contributed by atoms with van der Waals surface area (Å²) in [5.74, 6) is -1.91. The molecule has 140 valence electrons. The normalized spacial score (nSPS) is 9.92. The molecule has 2 aromatic carbocycles. The molecular formula is C20H24O6. The lowest BCUT2D eigenvalue weighted by molar-refractivity contribution is -0.137. The molecule has 0 bridgehead atoms. The van der Waals surface area contributed by atoms with Gasteiger partial charge in [-0.3, -0.25) is 9.59 Å². The molecule has 2 aromatic rings. The Morgan fingerprint density at radius 1 is 0.615 bits per heavy atom. The van der Waals surface area contributed by atoms with E-state index in [2.05, 4.69) is 0 Å². The molecule has 26 heavy (non-hydrogen) atoms. The van der Waals surface area contributed by atoms with Gasteiger partial charge >= 0.3 is 11.9 Å². The molecule has 0 aliphatic carbocycles. The summed E-state index contributed by atoms with van der Waals surface area (Å²) in [5, 5.41) is 34.7. The first-order chi connectivity index (χ1) is 12.5. The Morgan fingerprint density at radius 2 is 0.923 bits per heavy atom. The number of benzene rings is 2. The maximum Gasteiger partial charge on any atom is 0.307 e. The summed E-state index contributed by atoms with van der Waals surface area (Å²) < 4.78 is 0. The van der Waals surface area contributed by atoms with E-state index in [1.807, 2.05) is 24.3 Å². The van der Waals surface area contributed by atoms with Crippen molar-refractivity contribution in [1.82, 2.24) is 0 Å². The number of carboxylic acid groups (broad SMARTS) is 2. The topological polar surface area (TPSA) is 115 Å². The highest BCUT2D eigenvalue weighted by molar-refractivity contribution is 5.74. The van der Waals surface area contributed by atoms with Crippen molar-refractivity contribution < 1.29 is 30.0 Å². The zero-order valence-corrected chi connectivity index (χ0v) is 14.5. The standard InChI is InChI=1S/C10H10O4.C10H14O2/c11-9(12)5-7-3-1-2-4-8(7)6-10(13)14;11-7-5-9-3-1-2-4-10(9)6-8-12/h1-4H,5-6H2,(H,11,12)(H,13,14);1-4,11-12H,5-8H2. The molecule has 0 unspecified atom stereocenters. The smallest absolute Gasteiger partial charge is 0.307 e. The minimum atomic E-state index is -0.956. The van der Waals surface area contributed by atoms with E-state index in [9.17, 15) is 9.59 Å². The minimum absolute atomic E-state index is 0.135. The van der Waals surface area contributed by atoms with Crippen molar-refractivity contribution in [2.45, 2.75) is 25.7 Å². The Kier molecular flexibility index (Phi) is 9.67. The van der Waals surface area contributed by atoms with Crippen molar-refractivity contribution in [3.8, 4) is 0 Å². The predicted octanol–water partition coefficient (Wildman–Crippen LogP) is 1.70. The van der Waals surface area contributed by atoms with E-state index < -0.39 is 11.9 Å². The molecule has 6 nitrogen and oxygen atoms in total. The number of aliphatic carboxylic acids is 2. The summed E-state index contributed by atoms with van der Waals surface area (Å²) in [6, 6.07) is 14.5. The second-order valence-corrected chi connectivity index (χ2v) is 5.63. The number of carbonyl (C=O) groups is 2. The largest absolute Gasteiger partial charge is 0.481 e. The van der Waals surface area contributed by atoms with Crippen LogP contribution in [-0.4, -0.2) is 45.6 Å². The second kappa shape index (κ2) is 11.8. The highest BCUT2D eigenvalue weighted by Gasteiger charge is 2.08. The first-order valence-electron chi connectivity index (χ1n) is 8.26. The van der Waals surface area contributed by atoms with Gasteiger partial charge in [0, 0.05) is 13.2 Å². The zero-order chi connectivity index (χ0) is 19.4. The van der Waals surface area contributed by atoms with Crippen LogP contribution in [0.15, 0.2) is 48.5 Å². The molecule has 0 aliphatic heterocycles. The molecule has 0 aliphatic rings. The Hall–Kier alpha value is -2.70. The molecule has 0 radical (unpaired) electrons. The minimum Gasteiger partial charge on any atom is -0.481 e. The van der Waals surface area contributed by atoms with Gasteiger partial charge in [-0.25, -0.2) is 0 Å². The van der Waals surface area contributed by atoms with Gasteiger partial charge in [0.1, 0.15) is 0 Å². The van der Waals surface area contributed by atoms with Crippen molar-refractivity contribution in [1.29, 1.82) is 0 Å². The van der Waals surface area contributed by atoms with Crippen LogP contribution in [0.1, 0.15) is 22.3 Å². The van der Waals surface area contributed by atoms with E-state index in [1.165, 1.54) is 0 Å². The fraction of sp³-hybridized carbons (Fsp3) is 0.300. The zero-order valence-electron chi connectivity index (χ0n) is 14.5. The van der Waals surface area contributed by atoms with Crippen LogP contribution in [0.5, 0.6) is 0 Å². The number of carboxylic acids is 2. The fourth-order valence-corrected chi connectivity index (χ4v) is 2.51. The lowest BCUT2D eigenvalue weighted by Gasteiger charge is -2.05. The van der Waals surface area contributed by atoms with Crippen LogP contribution in [0.2, 0.25) is 0 Å². The first kappa shape index (κ1) is 21.3. The van der Waals surface area contributed by atoms with Crippen molar-refractivity contribution in [3.05, 3.63) is 70.8 Å². The summed E-state index contributed by atoms with van der Waals surface area (Å²) >= 11 is 0. The van der Waals surface area contributed by atoms with Gasteiger partial charge in [0.05, 0.1) is 12.8 Å². The lowest BCUT2D eigenvalue weighted by atomic mass is 10.0. The van der Waals surface area contributed by atoms with Crippen LogP contribution in [0.3, 0.4) is 0 Å². The van der Waals surface area contributed by atoms with Crippen LogP contribution < -0.4 is 0 Å². The van der Waals surface area contributed by atoms with Gasteiger partial charge in [0.25, 0.3) is 0 Å². The second-order valence-electron chi connectivity index (χ2n) is 5.63. The van der Waals surface area contributed by atoms with Gasteiger partial charge in [-0.2, -0.15) is 0 Å². The maximum absolute atomic E-state index is 10.5. The van der Waals surface area contributed by atoms with Crippen molar-refractivity contribution in [2.75, 3.05) is 13.2 Å². The van der Waals surface area contributed by atoms with Crippen LogP contribution in [-0.2, 0) is 35.3 Å². The van der Waals surface area contributed by atoms with E-state index >= 15 is 0 Å². The predicted molar refractivity (Wildman–Crippen MR) is 97.1 cm³/mol. The van der Waals surface area contributed by atoms with Crippen LogP contribution in [0.4, 0.5) is 0 Å². The van der Waals surface area contributed by atoms with Gasteiger partial charge in [-0.05, 0) is 35.1 Å². The third kappa shape index (κ3) is 7.92. The number of rotatable bonds is 8. The van der Waals surface area contributed by atoms with Gasteiger partial charge in [-0.15, -0.1) is 0 Å². The quantitative estimate of drug-likeness (QED) is 0.570. The van der Waals surface area contributed by atoms with E-state index in [0.717, 1.165) is 11.1 Å². The Bertz CT molecular complexity index is 651. The van der Waals surface area contributed by atoms with Crippen LogP contribution in [0.25, 0.3) is 0 Å². The van der Waals surface area contributed by atoms with Crippen LogP contribution >= 0.6 is 0 Å². The summed E-state index contributed by atoms with van der Waals surface area (Å²) in [4.78, 5) is 20.9. The van der Waals surface area contributed by atoms with Crippen LogP contribution in [0, 0.1) is 0 Å². The highest BCUT2D eigenvalue weighted by Crippen LogP contribution is 2.10. The average Bonchev–Trinajstić information content (AvgIpc) is 2.59. The highest BCUT2D eigenvalue weighted by atomic mass is 16.4. The average molecular weight is 360 g/mol. The van der Waals surface area contributed by atoms with Crippen molar-refractivity contribution >= 4 is 11.9 Å². The number of hydrogen-bond donors (Lipinski definition) is 4. The Labute approximate surface area is 152 Å². The molecule has 0 fully saturated rings. The van der Waals surface area contributed by atoms with Gasteiger partial charge in [0.15, 0.2) is 0 Å². The SMILES string of the molecule is O=C(O)Cc1ccccc1CC(=O)O.OCCc1ccccc1CCO. The summed E-state index contributed by atoms with van der Waals surface area (Å²) in [5.41, 5.74) is 3.38. The number of hydrogen-bond acceptors (Lipinski definition) is 4. The molecule has 0 aromatic heterocycles. The molecule has 0 atom stereocenters. The molecule has 6 heteroatoms. The summed E-state index contributed by atoms with van der Waals surface area (Å²) in [6.45, 7) is 0.338. The molecule has 4 N–H and O–H groups in total. The fourth-order valence-electron chi connectivity index (χ4n) is 2.51. The molecule has 0 saturated carbocycles. The first-order valence-corrected chi connectivity index (χ1v) is 8.26. The maximum atomic E-state index is 10.5. The molecule has 2 rings (SSSR count). The van der Waals surface area contributed by atoms with Gasteiger partial charge < -0.3 is 20.4 Å². The van der Waals surface area contributed by atoms with Crippen molar-refractivity contribution in [3.63, 3.8) is 0 Å². The van der Waals surface area contributed by atoms with E-state index in [0.29, 0.717) is 24.0 Å². The van der Waals surface area contributed by atoms with E-state index in [4.69, 9.17) is 20.4 Å². The van der Waals surface area contributed by atoms with Gasteiger partial charge in [-0.1, -0.05) is 48.5 Å². The summed E-state index contributed by atoms with van der Waals surface area (Å²) in [6.07, 6.45) is 1.08. The van der Waals surface area contributed by atoms with Gasteiger partial charge in [0.2, 0.25) is 0 Å². The van der Waals surface area contributed by atoms with E-state index in [1.54, 1.807) is 24.3 Å². The third-order valence-electron chi connectivity index (χ3n) is 3.68.